The summed E-state index contributed by atoms with van der Waals surface area (Å²) in [6.45, 7) is 10.2. The van der Waals surface area contributed by atoms with Crippen LogP contribution in [-0.2, 0) is 0 Å². The molecule has 2 atom stereocenters. The SMILES string of the molecule is CC1CCN(CC2(CNC3CC3)CCCCC2)CC1C. The number of rotatable bonds is 5. The summed E-state index contributed by atoms with van der Waals surface area (Å²) in [6.07, 6.45) is 11.6. The minimum absolute atomic E-state index is 0.598. The molecule has 20 heavy (non-hydrogen) atoms. The van der Waals surface area contributed by atoms with Crippen molar-refractivity contribution >= 4 is 0 Å². The lowest BCUT2D eigenvalue weighted by molar-refractivity contribution is 0.0590. The molecular weight excluding hydrogens is 244 g/mol. The van der Waals surface area contributed by atoms with Gasteiger partial charge >= 0.3 is 0 Å². The molecule has 1 heterocycles. The number of nitrogens with one attached hydrogen (secondary N) is 1. The molecule has 3 aliphatic rings. The van der Waals surface area contributed by atoms with Crippen molar-refractivity contribution in [2.45, 2.75) is 71.3 Å². The summed E-state index contributed by atoms with van der Waals surface area (Å²) >= 11 is 0. The van der Waals surface area contributed by atoms with E-state index in [1.165, 1.54) is 77.5 Å². The topological polar surface area (TPSA) is 15.3 Å². The van der Waals surface area contributed by atoms with Gasteiger partial charge in [-0.15, -0.1) is 0 Å². The van der Waals surface area contributed by atoms with Crippen molar-refractivity contribution in [3.8, 4) is 0 Å². The third kappa shape index (κ3) is 3.76. The van der Waals surface area contributed by atoms with Gasteiger partial charge in [-0.2, -0.15) is 0 Å². The molecule has 2 heteroatoms. The van der Waals surface area contributed by atoms with Crippen molar-refractivity contribution in [1.82, 2.24) is 10.2 Å². The molecule has 0 aromatic rings. The highest BCUT2D eigenvalue weighted by Crippen LogP contribution is 2.38. The summed E-state index contributed by atoms with van der Waals surface area (Å²) in [4.78, 5) is 2.80. The molecule has 1 saturated heterocycles. The minimum atomic E-state index is 0.598. The van der Waals surface area contributed by atoms with Gasteiger partial charge in [0.1, 0.15) is 0 Å². The third-order valence-electron chi connectivity index (χ3n) is 6.23. The van der Waals surface area contributed by atoms with E-state index in [4.69, 9.17) is 0 Å². The molecule has 2 unspecified atom stereocenters. The van der Waals surface area contributed by atoms with Gasteiger partial charge < -0.3 is 10.2 Å². The first kappa shape index (κ1) is 14.8. The second-order valence-corrected chi connectivity index (χ2v) is 8.19. The molecule has 0 radical (unpaired) electrons. The van der Waals surface area contributed by atoms with Gasteiger partial charge in [0.2, 0.25) is 0 Å². The van der Waals surface area contributed by atoms with Crippen LogP contribution in [0, 0.1) is 17.3 Å². The second kappa shape index (κ2) is 6.36. The van der Waals surface area contributed by atoms with Crippen LogP contribution in [0.15, 0.2) is 0 Å². The van der Waals surface area contributed by atoms with E-state index in [-0.39, 0.29) is 0 Å². The van der Waals surface area contributed by atoms with E-state index in [0.717, 1.165) is 17.9 Å². The average Bonchev–Trinajstić information content (AvgIpc) is 3.26. The lowest BCUT2D eigenvalue weighted by Crippen LogP contribution is -2.49. The molecule has 2 saturated carbocycles. The summed E-state index contributed by atoms with van der Waals surface area (Å²) in [5.74, 6) is 1.82. The van der Waals surface area contributed by atoms with Crippen LogP contribution in [0.25, 0.3) is 0 Å². The van der Waals surface area contributed by atoms with Crippen LogP contribution in [0.3, 0.4) is 0 Å². The molecular formula is C18H34N2. The number of hydrogen-bond donors (Lipinski definition) is 1. The minimum Gasteiger partial charge on any atom is -0.313 e. The first-order valence-corrected chi connectivity index (χ1v) is 9.13. The van der Waals surface area contributed by atoms with E-state index >= 15 is 0 Å². The number of hydrogen-bond acceptors (Lipinski definition) is 2. The van der Waals surface area contributed by atoms with Crippen LogP contribution >= 0.6 is 0 Å². The lowest BCUT2D eigenvalue weighted by atomic mass is 9.73. The number of nitrogens with zero attached hydrogens (tertiary/aromatic N) is 1. The van der Waals surface area contributed by atoms with Gasteiger partial charge in [-0.05, 0) is 55.9 Å². The van der Waals surface area contributed by atoms with Gasteiger partial charge in [0.25, 0.3) is 0 Å². The van der Waals surface area contributed by atoms with Crippen molar-refractivity contribution in [2.24, 2.45) is 17.3 Å². The van der Waals surface area contributed by atoms with E-state index in [1.807, 2.05) is 0 Å². The maximum absolute atomic E-state index is 3.85. The Morgan fingerprint density at radius 1 is 1.00 bits per heavy atom. The fraction of sp³-hybridized carbons (Fsp3) is 1.00. The van der Waals surface area contributed by atoms with Crippen LogP contribution in [0.1, 0.15) is 65.2 Å². The molecule has 0 spiro atoms. The zero-order valence-corrected chi connectivity index (χ0v) is 13.7. The summed E-state index contributed by atoms with van der Waals surface area (Å²) in [5.41, 5.74) is 0.598. The van der Waals surface area contributed by atoms with Gasteiger partial charge in [0.15, 0.2) is 0 Å². The molecule has 0 amide bonds. The van der Waals surface area contributed by atoms with Crippen LogP contribution in [0.4, 0.5) is 0 Å². The van der Waals surface area contributed by atoms with Crippen molar-refractivity contribution in [1.29, 1.82) is 0 Å². The molecule has 0 aromatic heterocycles. The summed E-state index contributed by atoms with van der Waals surface area (Å²) < 4.78 is 0. The molecule has 0 aromatic carbocycles. The Morgan fingerprint density at radius 2 is 1.75 bits per heavy atom. The smallest absolute Gasteiger partial charge is 0.00684 e. The van der Waals surface area contributed by atoms with E-state index < -0.39 is 0 Å². The molecule has 0 bridgehead atoms. The predicted molar refractivity (Wildman–Crippen MR) is 85.9 cm³/mol. The van der Waals surface area contributed by atoms with Crippen LogP contribution < -0.4 is 5.32 Å². The fourth-order valence-electron chi connectivity index (χ4n) is 4.31. The van der Waals surface area contributed by atoms with Crippen LogP contribution in [-0.4, -0.2) is 37.1 Å². The highest BCUT2D eigenvalue weighted by molar-refractivity contribution is 4.92. The van der Waals surface area contributed by atoms with Gasteiger partial charge in [0, 0.05) is 25.7 Å². The Morgan fingerprint density at radius 3 is 2.40 bits per heavy atom. The largest absolute Gasteiger partial charge is 0.313 e. The zero-order valence-electron chi connectivity index (χ0n) is 13.7. The molecule has 2 nitrogen and oxygen atoms in total. The first-order valence-electron chi connectivity index (χ1n) is 9.13. The maximum Gasteiger partial charge on any atom is 0.00684 e. The highest BCUT2D eigenvalue weighted by Gasteiger charge is 2.36. The second-order valence-electron chi connectivity index (χ2n) is 8.19. The van der Waals surface area contributed by atoms with Gasteiger partial charge in [0.05, 0.1) is 0 Å². The van der Waals surface area contributed by atoms with E-state index in [0.29, 0.717) is 5.41 Å². The Balaban J connectivity index is 1.56. The van der Waals surface area contributed by atoms with Gasteiger partial charge in [-0.25, -0.2) is 0 Å². The van der Waals surface area contributed by atoms with Gasteiger partial charge in [-0.3, -0.25) is 0 Å². The van der Waals surface area contributed by atoms with Crippen LogP contribution in [0.2, 0.25) is 0 Å². The molecule has 2 aliphatic carbocycles. The summed E-state index contributed by atoms with van der Waals surface area (Å²) in [7, 11) is 0. The Hall–Kier alpha value is -0.0800. The Bertz CT molecular complexity index is 305. The van der Waals surface area contributed by atoms with Crippen molar-refractivity contribution in [3.05, 3.63) is 0 Å². The van der Waals surface area contributed by atoms with E-state index in [9.17, 15) is 0 Å². The molecule has 1 N–H and O–H groups in total. The van der Waals surface area contributed by atoms with Crippen molar-refractivity contribution in [3.63, 3.8) is 0 Å². The molecule has 1 aliphatic heterocycles. The molecule has 3 fully saturated rings. The number of piperidine rings is 1. The standard InChI is InChI=1S/C18H34N2/c1-15-8-11-20(12-16(15)2)14-18(9-4-3-5-10-18)13-19-17-6-7-17/h15-17,19H,3-14H2,1-2H3. The highest BCUT2D eigenvalue weighted by atomic mass is 15.1. The maximum atomic E-state index is 3.85. The quantitative estimate of drug-likeness (QED) is 0.825. The third-order valence-corrected chi connectivity index (χ3v) is 6.23. The van der Waals surface area contributed by atoms with Crippen molar-refractivity contribution < 1.29 is 0 Å². The van der Waals surface area contributed by atoms with Crippen LogP contribution in [0.5, 0.6) is 0 Å². The average molecular weight is 278 g/mol. The normalized spacial score (nSPS) is 35.1. The molecule has 116 valence electrons. The van der Waals surface area contributed by atoms with E-state index in [2.05, 4.69) is 24.1 Å². The summed E-state index contributed by atoms with van der Waals surface area (Å²) in [6, 6.07) is 0.870. The first-order chi connectivity index (χ1) is 9.67. The van der Waals surface area contributed by atoms with Gasteiger partial charge in [-0.1, -0.05) is 33.1 Å². The monoisotopic (exact) mass is 278 g/mol. The molecule has 3 rings (SSSR count). The predicted octanol–water partition coefficient (Wildman–Crippen LogP) is 3.67. The number of likely N-dealkylation sites (tertiary alicyclic amines) is 1. The summed E-state index contributed by atoms with van der Waals surface area (Å²) in [5, 5.41) is 3.85. The lowest BCUT2D eigenvalue weighted by Gasteiger charge is -2.44. The zero-order chi connectivity index (χ0) is 14.0. The Labute approximate surface area is 125 Å². The Kier molecular flexibility index (Phi) is 4.72. The van der Waals surface area contributed by atoms with Crippen molar-refractivity contribution in [2.75, 3.05) is 26.2 Å². The van der Waals surface area contributed by atoms with E-state index in [1.54, 1.807) is 0 Å². The fourth-order valence-corrected chi connectivity index (χ4v) is 4.31.